The third-order valence-corrected chi connectivity index (χ3v) is 4.98. The number of halogens is 1. The number of amides is 1. The number of carbonyl (C=O) groups is 1. The average molecular weight is 340 g/mol. The molecule has 22 heavy (non-hydrogen) atoms. The van der Waals surface area contributed by atoms with Gasteiger partial charge in [0.25, 0.3) is 0 Å². The number of thiazole rings is 1. The summed E-state index contributed by atoms with van der Waals surface area (Å²) in [5.41, 5.74) is 1.05. The standard InChI is InChI=1S/C16H21N3OS.ClH/c20-15(8-7-12-4-3-10-17-12)18-11-9-16-19-13-5-1-2-6-14(13)21-16;/h1-2,5-6,12,17H,3-4,7-11H2,(H,18,20);1H. The summed E-state index contributed by atoms with van der Waals surface area (Å²) in [7, 11) is 0. The van der Waals surface area contributed by atoms with E-state index in [0.717, 1.165) is 29.9 Å². The van der Waals surface area contributed by atoms with Crippen molar-refractivity contribution in [2.75, 3.05) is 13.1 Å². The summed E-state index contributed by atoms with van der Waals surface area (Å²) in [4.78, 5) is 16.4. The van der Waals surface area contributed by atoms with Crippen LogP contribution in [0.3, 0.4) is 0 Å². The molecule has 1 aliphatic rings. The first-order valence-corrected chi connectivity index (χ1v) is 8.47. The van der Waals surface area contributed by atoms with E-state index in [-0.39, 0.29) is 18.3 Å². The van der Waals surface area contributed by atoms with Gasteiger partial charge in [-0.2, -0.15) is 0 Å². The van der Waals surface area contributed by atoms with Gasteiger partial charge in [0, 0.05) is 25.4 Å². The fraction of sp³-hybridized carbons (Fsp3) is 0.500. The van der Waals surface area contributed by atoms with Crippen molar-refractivity contribution in [1.82, 2.24) is 15.6 Å². The number of aromatic nitrogens is 1. The van der Waals surface area contributed by atoms with Crippen molar-refractivity contribution < 1.29 is 4.79 Å². The zero-order valence-corrected chi connectivity index (χ0v) is 14.1. The Bertz CT molecular complexity index is 577. The predicted octanol–water partition coefficient (Wildman–Crippen LogP) is 2.91. The molecule has 1 unspecified atom stereocenters. The number of nitrogens with one attached hydrogen (secondary N) is 2. The zero-order valence-electron chi connectivity index (χ0n) is 12.5. The number of carbonyl (C=O) groups excluding carboxylic acids is 1. The third kappa shape index (κ3) is 4.66. The topological polar surface area (TPSA) is 54.0 Å². The monoisotopic (exact) mass is 339 g/mol. The molecule has 2 aromatic rings. The van der Waals surface area contributed by atoms with Gasteiger partial charge in [0.2, 0.25) is 5.91 Å². The van der Waals surface area contributed by atoms with Crippen LogP contribution < -0.4 is 10.6 Å². The lowest BCUT2D eigenvalue weighted by atomic mass is 10.1. The normalized spacial score (nSPS) is 17.4. The second-order valence-electron chi connectivity index (χ2n) is 5.51. The predicted molar refractivity (Wildman–Crippen MR) is 93.8 cm³/mol. The van der Waals surface area contributed by atoms with Gasteiger partial charge in [-0.05, 0) is 37.9 Å². The SMILES string of the molecule is Cl.O=C(CCC1CCCN1)NCCc1nc2ccccc2s1. The lowest BCUT2D eigenvalue weighted by molar-refractivity contribution is -0.121. The molecule has 6 heteroatoms. The van der Waals surface area contributed by atoms with Gasteiger partial charge < -0.3 is 10.6 Å². The molecular formula is C16H22ClN3OS. The Morgan fingerprint density at radius 3 is 3.05 bits per heavy atom. The molecule has 1 aromatic heterocycles. The van der Waals surface area contributed by atoms with Gasteiger partial charge in [-0.1, -0.05) is 12.1 Å². The highest BCUT2D eigenvalue weighted by molar-refractivity contribution is 7.18. The minimum Gasteiger partial charge on any atom is -0.356 e. The maximum atomic E-state index is 11.8. The Morgan fingerprint density at radius 2 is 2.27 bits per heavy atom. The second kappa shape index (κ2) is 8.46. The molecule has 0 bridgehead atoms. The van der Waals surface area contributed by atoms with E-state index in [2.05, 4.69) is 21.7 Å². The molecule has 1 saturated heterocycles. The van der Waals surface area contributed by atoms with E-state index in [1.165, 1.54) is 17.5 Å². The fourth-order valence-electron chi connectivity index (χ4n) is 2.73. The highest BCUT2D eigenvalue weighted by Gasteiger charge is 2.15. The number of hydrogen-bond acceptors (Lipinski definition) is 4. The largest absolute Gasteiger partial charge is 0.356 e. The summed E-state index contributed by atoms with van der Waals surface area (Å²) in [6, 6.07) is 8.69. The minimum atomic E-state index is 0. The van der Waals surface area contributed by atoms with E-state index < -0.39 is 0 Å². The summed E-state index contributed by atoms with van der Waals surface area (Å²) in [5, 5.41) is 7.51. The van der Waals surface area contributed by atoms with Gasteiger partial charge in [0.1, 0.15) is 0 Å². The molecule has 0 saturated carbocycles. The molecule has 1 amide bonds. The summed E-state index contributed by atoms with van der Waals surface area (Å²) in [6.07, 6.45) is 4.83. The van der Waals surface area contributed by atoms with Gasteiger partial charge in [0.15, 0.2) is 0 Å². The molecule has 3 rings (SSSR count). The van der Waals surface area contributed by atoms with Crippen LogP contribution in [0, 0.1) is 0 Å². The molecule has 4 nitrogen and oxygen atoms in total. The van der Waals surface area contributed by atoms with Crippen LogP contribution in [0.5, 0.6) is 0 Å². The molecule has 1 aromatic carbocycles. The van der Waals surface area contributed by atoms with E-state index in [1.54, 1.807) is 11.3 Å². The lowest BCUT2D eigenvalue weighted by Gasteiger charge is -2.09. The van der Waals surface area contributed by atoms with Crippen LogP contribution >= 0.6 is 23.7 Å². The summed E-state index contributed by atoms with van der Waals surface area (Å²) < 4.78 is 1.21. The van der Waals surface area contributed by atoms with Crippen LogP contribution in [-0.4, -0.2) is 30.0 Å². The number of benzene rings is 1. The molecule has 0 aliphatic carbocycles. The van der Waals surface area contributed by atoms with Crippen LogP contribution in [0.15, 0.2) is 24.3 Å². The first kappa shape index (κ1) is 17.2. The molecule has 2 heterocycles. The first-order chi connectivity index (χ1) is 10.3. The third-order valence-electron chi connectivity index (χ3n) is 3.88. The molecule has 1 fully saturated rings. The number of rotatable bonds is 6. The van der Waals surface area contributed by atoms with Crippen molar-refractivity contribution in [3.63, 3.8) is 0 Å². The maximum absolute atomic E-state index is 11.8. The van der Waals surface area contributed by atoms with E-state index in [9.17, 15) is 4.79 Å². The first-order valence-electron chi connectivity index (χ1n) is 7.66. The molecule has 120 valence electrons. The number of nitrogens with zero attached hydrogens (tertiary/aromatic N) is 1. The van der Waals surface area contributed by atoms with Crippen LogP contribution in [0.2, 0.25) is 0 Å². The average Bonchev–Trinajstić information content (AvgIpc) is 3.14. The van der Waals surface area contributed by atoms with Crippen LogP contribution in [-0.2, 0) is 11.2 Å². The quantitative estimate of drug-likeness (QED) is 0.850. The van der Waals surface area contributed by atoms with Crippen LogP contribution in [0.25, 0.3) is 10.2 Å². The number of hydrogen-bond donors (Lipinski definition) is 2. The van der Waals surface area contributed by atoms with Gasteiger partial charge in [0.05, 0.1) is 15.2 Å². The van der Waals surface area contributed by atoms with Crippen LogP contribution in [0.1, 0.15) is 30.7 Å². The second-order valence-corrected chi connectivity index (χ2v) is 6.62. The van der Waals surface area contributed by atoms with Gasteiger partial charge in [-0.25, -0.2) is 4.98 Å². The van der Waals surface area contributed by atoms with E-state index in [0.29, 0.717) is 19.0 Å². The van der Waals surface area contributed by atoms with Gasteiger partial charge in [-0.15, -0.1) is 23.7 Å². The summed E-state index contributed by atoms with van der Waals surface area (Å²) >= 11 is 1.71. The van der Waals surface area contributed by atoms with Crippen molar-refractivity contribution in [3.8, 4) is 0 Å². The lowest BCUT2D eigenvalue weighted by Crippen LogP contribution is -2.28. The smallest absolute Gasteiger partial charge is 0.220 e. The van der Waals surface area contributed by atoms with Crippen molar-refractivity contribution in [1.29, 1.82) is 0 Å². The highest BCUT2D eigenvalue weighted by Crippen LogP contribution is 2.21. The van der Waals surface area contributed by atoms with Crippen molar-refractivity contribution in [3.05, 3.63) is 29.3 Å². The summed E-state index contributed by atoms with van der Waals surface area (Å²) in [6.45, 7) is 1.78. The molecule has 0 radical (unpaired) electrons. The van der Waals surface area contributed by atoms with Crippen LogP contribution in [0.4, 0.5) is 0 Å². The Hall–Kier alpha value is -1.17. The Morgan fingerprint density at radius 1 is 1.41 bits per heavy atom. The van der Waals surface area contributed by atoms with Gasteiger partial charge >= 0.3 is 0 Å². The molecule has 2 N–H and O–H groups in total. The minimum absolute atomic E-state index is 0. The summed E-state index contributed by atoms with van der Waals surface area (Å²) in [5.74, 6) is 0.157. The fourth-order valence-corrected chi connectivity index (χ4v) is 3.70. The van der Waals surface area contributed by atoms with E-state index >= 15 is 0 Å². The van der Waals surface area contributed by atoms with Crippen molar-refractivity contribution >= 4 is 39.9 Å². The molecule has 0 spiro atoms. The number of para-hydroxylation sites is 1. The Kier molecular flexibility index (Phi) is 6.61. The van der Waals surface area contributed by atoms with E-state index in [1.807, 2.05) is 18.2 Å². The van der Waals surface area contributed by atoms with Gasteiger partial charge in [-0.3, -0.25) is 4.79 Å². The Balaban J connectivity index is 0.00000176. The number of fused-ring (bicyclic) bond motifs is 1. The molecular weight excluding hydrogens is 318 g/mol. The zero-order chi connectivity index (χ0) is 14.5. The van der Waals surface area contributed by atoms with Crippen molar-refractivity contribution in [2.45, 2.75) is 38.1 Å². The van der Waals surface area contributed by atoms with Crippen molar-refractivity contribution in [2.24, 2.45) is 0 Å². The molecule has 1 aliphatic heterocycles. The van der Waals surface area contributed by atoms with E-state index in [4.69, 9.17) is 0 Å². The Labute approximate surface area is 141 Å². The molecule has 1 atom stereocenters. The maximum Gasteiger partial charge on any atom is 0.220 e. The highest BCUT2D eigenvalue weighted by atomic mass is 35.5.